The highest BCUT2D eigenvalue weighted by Crippen LogP contribution is 2.05. The van der Waals surface area contributed by atoms with Crippen LogP contribution in [0.4, 0.5) is 11.6 Å². The van der Waals surface area contributed by atoms with Crippen molar-refractivity contribution in [1.82, 2.24) is 14.9 Å². The van der Waals surface area contributed by atoms with E-state index in [4.69, 9.17) is 0 Å². The van der Waals surface area contributed by atoms with Gasteiger partial charge in [-0.2, -0.15) is 0 Å². The molecule has 0 radical (unpaired) electrons. The van der Waals surface area contributed by atoms with Crippen molar-refractivity contribution in [2.45, 2.75) is 13.8 Å². The molecule has 2 N–H and O–H groups in total. The van der Waals surface area contributed by atoms with E-state index in [-0.39, 0.29) is 0 Å². The maximum absolute atomic E-state index is 4.38. The van der Waals surface area contributed by atoms with Crippen LogP contribution in [0.3, 0.4) is 0 Å². The average Bonchev–Trinajstić information content (AvgIpc) is 2.30. The molecule has 0 aliphatic heterocycles. The summed E-state index contributed by atoms with van der Waals surface area (Å²) in [5.41, 5.74) is 0. The SMILES string of the molecule is CCNc1cncc(NCCN(C)CC)n1. The number of hydrogen-bond donors (Lipinski definition) is 2. The predicted octanol–water partition coefficient (Wildman–Crippen LogP) is 1.27. The molecule has 1 aromatic rings. The van der Waals surface area contributed by atoms with Gasteiger partial charge in [0.1, 0.15) is 11.6 Å². The molecule has 5 heteroatoms. The average molecular weight is 223 g/mol. The van der Waals surface area contributed by atoms with Crippen molar-refractivity contribution in [1.29, 1.82) is 0 Å². The lowest BCUT2D eigenvalue weighted by atomic mass is 10.5. The van der Waals surface area contributed by atoms with Gasteiger partial charge in [-0.25, -0.2) is 4.98 Å². The molecular formula is C11H21N5. The van der Waals surface area contributed by atoms with E-state index in [1.54, 1.807) is 12.4 Å². The molecule has 0 aromatic carbocycles. The molecular weight excluding hydrogens is 202 g/mol. The van der Waals surface area contributed by atoms with E-state index in [0.717, 1.165) is 37.8 Å². The van der Waals surface area contributed by atoms with Crippen LogP contribution >= 0.6 is 0 Å². The third-order valence-electron chi connectivity index (χ3n) is 2.33. The lowest BCUT2D eigenvalue weighted by Gasteiger charge is -2.14. The molecule has 0 amide bonds. The van der Waals surface area contributed by atoms with Crippen molar-refractivity contribution in [3.05, 3.63) is 12.4 Å². The summed E-state index contributed by atoms with van der Waals surface area (Å²) in [5.74, 6) is 1.64. The monoisotopic (exact) mass is 223 g/mol. The van der Waals surface area contributed by atoms with E-state index in [1.807, 2.05) is 6.92 Å². The normalized spacial score (nSPS) is 10.5. The molecule has 5 nitrogen and oxygen atoms in total. The Hall–Kier alpha value is -1.36. The van der Waals surface area contributed by atoms with Gasteiger partial charge >= 0.3 is 0 Å². The third kappa shape index (κ3) is 4.44. The fourth-order valence-electron chi connectivity index (χ4n) is 1.25. The van der Waals surface area contributed by atoms with Crippen LogP contribution in [0.25, 0.3) is 0 Å². The summed E-state index contributed by atoms with van der Waals surface area (Å²) in [6, 6.07) is 0. The van der Waals surface area contributed by atoms with Crippen LogP contribution < -0.4 is 10.6 Å². The summed E-state index contributed by atoms with van der Waals surface area (Å²) in [7, 11) is 2.10. The highest BCUT2D eigenvalue weighted by atomic mass is 15.1. The lowest BCUT2D eigenvalue weighted by Crippen LogP contribution is -2.25. The molecule has 1 aromatic heterocycles. The van der Waals surface area contributed by atoms with Crippen LogP contribution in [0, 0.1) is 0 Å². The Bertz CT molecular complexity index is 302. The quantitative estimate of drug-likeness (QED) is 0.729. The van der Waals surface area contributed by atoms with Crippen LogP contribution in [0.2, 0.25) is 0 Å². The first-order chi connectivity index (χ1) is 7.76. The molecule has 0 saturated carbocycles. The van der Waals surface area contributed by atoms with Gasteiger partial charge in [0.15, 0.2) is 0 Å². The van der Waals surface area contributed by atoms with E-state index in [9.17, 15) is 0 Å². The topological polar surface area (TPSA) is 53.1 Å². The summed E-state index contributed by atoms with van der Waals surface area (Å²) in [5, 5.41) is 6.39. The van der Waals surface area contributed by atoms with Gasteiger partial charge in [-0.15, -0.1) is 0 Å². The van der Waals surface area contributed by atoms with Gasteiger partial charge in [0.25, 0.3) is 0 Å². The zero-order chi connectivity index (χ0) is 11.8. The molecule has 1 heterocycles. The number of anilines is 2. The second kappa shape index (κ2) is 7.00. The number of nitrogens with zero attached hydrogens (tertiary/aromatic N) is 3. The zero-order valence-corrected chi connectivity index (χ0v) is 10.3. The standard InChI is InChI=1S/C11H21N5/c1-4-13-10-8-12-9-11(15-10)14-6-7-16(3)5-2/h8-9H,4-7H2,1-3H3,(H2,13,14,15). The third-order valence-corrected chi connectivity index (χ3v) is 2.33. The van der Waals surface area contributed by atoms with E-state index in [0.29, 0.717) is 0 Å². The van der Waals surface area contributed by atoms with E-state index in [2.05, 4.69) is 39.5 Å². The van der Waals surface area contributed by atoms with Gasteiger partial charge in [0, 0.05) is 19.6 Å². The molecule has 1 rings (SSSR count). The minimum atomic E-state index is 0.816. The first-order valence-electron chi connectivity index (χ1n) is 5.74. The maximum Gasteiger partial charge on any atom is 0.147 e. The predicted molar refractivity (Wildman–Crippen MR) is 67.9 cm³/mol. The Kier molecular flexibility index (Phi) is 5.56. The molecule has 0 bridgehead atoms. The number of nitrogens with one attached hydrogen (secondary N) is 2. The Morgan fingerprint density at radius 3 is 2.50 bits per heavy atom. The molecule has 16 heavy (non-hydrogen) atoms. The zero-order valence-electron chi connectivity index (χ0n) is 10.3. The molecule has 0 aliphatic rings. The van der Waals surface area contributed by atoms with Crippen LogP contribution in [0.1, 0.15) is 13.8 Å². The fourth-order valence-corrected chi connectivity index (χ4v) is 1.25. The van der Waals surface area contributed by atoms with Crippen LogP contribution in [0.15, 0.2) is 12.4 Å². The van der Waals surface area contributed by atoms with Crippen molar-refractivity contribution in [3.63, 3.8) is 0 Å². The van der Waals surface area contributed by atoms with Gasteiger partial charge in [0.05, 0.1) is 12.4 Å². The number of aromatic nitrogens is 2. The van der Waals surface area contributed by atoms with Crippen LogP contribution in [0.5, 0.6) is 0 Å². The summed E-state index contributed by atoms with van der Waals surface area (Å²) in [6.07, 6.45) is 3.47. The Balaban J connectivity index is 2.38. The minimum Gasteiger partial charge on any atom is -0.369 e. The minimum absolute atomic E-state index is 0.816. The van der Waals surface area contributed by atoms with E-state index >= 15 is 0 Å². The van der Waals surface area contributed by atoms with Gasteiger partial charge in [-0.3, -0.25) is 4.98 Å². The first kappa shape index (κ1) is 12.7. The maximum atomic E-state index is 4.38. The van der Waals surface area contributed by atoms with E-state index < -0.39 is 0 Å². The second-order valence-electron chi connectivity index (χ2n) is 3.64. The summed E-state index contributed by atoms with van der Waals surface area (Å²) in [4.78, 5) is 10.7. The number of hydrogen-bond acceptors (Lipinski definition) is 5. The molecule has 90 valence electrons. The fraction of sp³-hybridized carbons (Fsp3) is 0.636. The van der Waals surface area contributed by atoms with Crippen molar-refractivity contribution >= 4 is 11.6 Å². The second-order valence-corrected chi connectivity index (χ2v) is 3.64. The van der Waals surface area contributed by atoms with Crippen molar-refractivity contribution in [2.75, 3.05) is 43.9 Å². The Morgan fingerprint density at radius 2 is 1.88 bits per heavy atom. The molecule has 0 fully saturated rings. The van der Waals surface area contributed by atoms with Gasteiger partial charge in [0.2, 0.25) is 0 Å². The summed E-state index contributed by atoms with van der Waals surface area (Å²) >= 11 is 0. The summed E-state index contributed by atoms with van der Waals surface area (Å²) in [6.45, 7) is 7.99. The van der Waals surface area contributed by atoms with E-state index in [1.165, 1.54) is 0 Å². The number of likely N-dealkylation sites (N-methyl/N-ethyl adjacent to an activating group) is 1. The lowest BCUT2D eigenvalue weighted by molar-refractivity contribution is 0.367. The van der Waals surface area contributed by atoms with Crippen molar-refractivity contribution in [2.24, 2.45) is 0 Å². The Morgan fingerprint density at radius 1 is 1.19 bits per heavy atom. The highest BCUT2D eigenvalue weighted by molar-refractivity contribution is 5.41. The molecule has 0 unspecified atom stereocenters. The van der Waals surface area contributed by atoms with Crippen LogP contribution in [-0.2, 0) is 0 Å². The largest absolute Gasteiger partial charge is 0.369 e. The molecule has 0 atom stereocenters. The van der Waals surface area contributed by atoms with Gasteiger partial charge < -0.3 is 15.5 Å². The smallest absolute Gasteiger partial charge is 0.147 e. The molecule has 0 aliphatic carbocycles. The first-order valence-corrected chi connectivity index (χ1v) is 5.74. The van der Waals surface area contributed by atoms with Gasteiger partial charge in [-0.05, 0) is 20.5 Å². The molecule has 0 spiro atoms. The van der Waals surface area contributed by atoms with Crippen molar-refractivity contribution in [3.8, 4) is 0 Å². The summed E-state index contributed by atoms with van der Waals surface area (Å²) < 4.78 is 0. The Labute approximate surface area is 97.3 Å². The highest BCUT2D eigenvalue weighted by Gasteiger charge is 1.98. The molecule has 0 saturated heterocycles. The van der Waals surface area contributed by atoms with Gasteiger partial charge in [-0.1, -0.05) is 6.92 Å². The van der Waals surface area contributed by atoms with Crippen molar-refractivity contribution < 1.29 is 0 Å². The van der Waals surface area contributed by atoms with Crippen LogP contribution in [-0.4, -0.2) is 48.1 Å². The number of rotatable bonds is 7.